The summed E-state index contributed by atoms with van der Waals surface area (Å²) in [5.74, 6) is -0.283. The zero-order chi connectivity index (χ0) is 14.0. The first-order valence-corrected chi connectivity index (χ1v) is 7.06. The van der Waals surface area contributed by atoms with Crippen LogP contribution in [0.4, 0.5) is 0 Å². The van der Waals surface area contributed by atoms with Crippen LogP contribution in [0, 0.1) is 6.92 Å². The van der Waals surface area contributed by atoms with Gasteiger partial charge in [0.1, 0.15) is 0 Å². The molecule has 1 heterocycles. The van der Waals surface area contributed by atoms with E-state index in [4.69, 9.17) is 17.3 Å². The molecule has 1 saturated carbocycles. The molecule has 1 unspecified atom stereocenters. The average molecular weight is 285 g/mol. The highest BCUT2D eigenvalue weighted by molar-refractivity contribution is 6.31. The molecule has 0 saturated heterocycles. The fourth-order valence-electron chi connectivity index (χ4n) is 2.15. The molecule has 5 nitrogen and oxygen atoms in total. The Morgan fingerprint density at radius 1 is 1.68 bits per heavy atom. The van der Waals surface area contributed by atoms with Gasteiger partial charge in [-0.1, -0.05) is 11.6 Å². The number of rotatable bonds is 7. The first-order chi connectivity index (χ1) is 8.90. The summed E-state index contributed by atoms with van der Waals surface area (Å²) >= 11 is 5.96. The number of nitrogens with two attached hydrogens (primary N) is 1. The first kappa shape index (κ1) is 14.3. The monoisotopic (exact) mass is 284 g/mol. The maximum absolute atomic E-state index is 11.6. The zero-order valence-electron chi connectivity index (χ0n) is 11.4. The number of hydrogen-bond acceptors (Lipinski definition) is 3. The average Bonchev–Trinajstić information content (AvgIpc) is 3.06. The van der Waals surface area contributed by atoms with E-state index in [0.717, 1.165) is 31.5 Å². The predicted octanol–water partition coefficient (Wildman–Crippen LogP) is 1.62. The van der Waals surface area contributed by atoms with E-state index < -0.39 is 5.54 Å². The Morgan fingerprint density at radius 3 is 2.84 bits per heavy atom. The molecule has 1 aromatic rings. The quantitative estimate of drug-likeness (QED) is 0.799. The van der Waals surface area contributed by atoms with Gasteiger partial charge < -0.3 is 11.1 Å². The molecular formula is C13H21ClN4O. The molecule has 2 rings (SSSR count). The van der Waals surface area contributed by atoms with Crippen molar-refractivity contribution in [1.29, 1.82) is 0 Å². The lowest BCUT2D eigenvalue weighted by Gasteiger charge is -2.27. The molecule has 0 bridgehead atoms. The molecule has 0 aromatic carbocycles. The van der Waals surface area contributed by atoms with Crippen molar-refractivity contribution in [3.63, 3.8) is 0 Å². The van der Waals surface area contributed by atoms with Gasteiger partial charge in [-0.05, 0) is 39.5 Å². The fourth-order valence-corrected chi connectivity index (χ4v) is 2.30. The number of carbonyl (C=O) groups excluding carboxylic acids is 1. The van der Waals surface area contributed by atoms with Crippen LogP contribution in [0.1, 0.15) is 38.3 Å². The topological polar surface area (TPSA) is 72.9 Å². The van der Waals surface area contributed by atoms with E-state index >= 15 is 0 Å². The molecular weight excluding hydrogens is 264 g/mol. The molecule has 3 N–H and O–H groups in total. The number of carbonyl (C=O) groups is 1. The SMILES string of the molecule is Cc1nn(CCCC(C)(NC2CC2)C(N)=O)cc1Cl. The third-order valence-electron chi connectivity index (χ3n) is 3.59. The lowest BCUT2D eigenvalue weighted by Crippen LogP contribution is -2.54. The van der Waals surface area contributed by atoms with E-state index in [1.165, 1.54) is 0 Å². The van der Waals surface area contributed by atoms with E-state index in [1.54, 1.807) is 0 Å². The van der Waals surface area contributed by atoms with Gasteiger partial charge in [0.2, 0.25) is 5.91 Å². The Bertz CT molecular complexity index is 450. The number of halogens is 1. The summed E-state index contributed by atoms with van der Waals surface area (Å²) in [5, 5.41) is 8.31. The van der Waals surface area contributed by atoms with Gasteiger partial charge in [-0.25, -0.2) is 0 Å². The predicted molar refractivity (Wildman–Crippen MR) is 75.0 cm³/mol. The summed E-state index contributed by atoms with van der Waals surface area (Å²) in [6.45, 7) is 4.50. The van der Waals surface area contributed by atoms with Crippen LogP contribution in [0.15, 0.2) is 6.20 Å². The number of aryl methyl sites for hydroxylation is 2. The lowest BCUT2D eigenvalue weighted by molar-refractivity contribution is -0.124. The van der Waals surface area contributed by atoms with Gasteiger partial charge >= 0.3 is 0 Å². The van der Waals surface area contributed by atoms with Crippen molar-refractivity contribution in [2.75, 3.05) is 0 Å². The largest absolute Gasteiger partial charge is 0.368 e. The van der Waals surface area contributed by atoms with E-state index in [2.05, 4.69) is 10.4 Å². The van der Waals surface area contributed by atoms with Crippen molar-refractivity contribution in [2.45, 2.75) is 57.7 Å². The number of primary amides is 1. The maximum Gasteiger partial charge on any atom is 0.237 e. The molecule has 19 heavy (non-hydrogen) atoms. The smallest absolute Gasteiger partial charge is 0.237 e. The minimum absolute atomic E-state index is 0.283. The Balaban J connectivity index is 1.86. The van der Waals surface area contributed by atoms with Gasteiger partial charge in [0.25, 0.3) is 0 Å². The van der Waals surface area contributed by atoms with Crippen molar-refractivity contribution < 1.29 is 4.79 Å². The van der Waals surface area contributed by atoms with Gasteiger partial charge in [0, 0.05) is 18.8 Å². The summed E-state index contributed by atoms with van der Waals surface area (Å²) < 4.78 is 1.82. The number of aromatic nitrogens is 2. The molecule has 0 radical (unpaired) electrons. The fraction of sp³-hybridized carbons (Fsp3) is 0.692. The second-order valence-corrected chi connectivity index (χ2v) is 5.95. The number of hydrogen-bond donors (Lipinski definition) is 2. The first-order valence-electron chi connectivity index (χ1n) is 6.68. The van der Waals surface area contributed by atoms with Crippen LogP contribution in [0.25, 0.3) is 0 Å². The third kappa shape index (κ3) is 3.70. The Labute approximate surface area is 118 Å². The van der Waals surface area contributed by atoms with Crippen molar-refractivity contribution in [1.82, 2.24) is 15.1 Å². The van der Waals surface area contributed by atoms with Crippen LogP contribution in [0.3, 0.4) is 0 Å². The molecule has 1 aliphatic carbocycles. The van der Waals surface area contributed by atoms with Gasteiger partial charge in [0.05, 0.1) is 16.3 Å². The van der Waals surface area contributed by atoms with Crippen molar-refractivity contribution in [2.24, 2.45) is 5.73 Å². The summed E-state index contributed by atoms with van der Waals surface area (Å²) in [6.07, 6.45) is 5.62. The molecule has 1 aromatic heterocycles. The normalized spacial score (nSPS) is 18.3. The van der Waals surface area contributed by atoms with Gasteiger partial charge in [-0.2, -0.15) is 5.10 Å². The highest BCUT2D eigenvalue weighted by Gasteiger charge is 2.36. The molecule has 1 fully saturated rings. The standard InChI is InChI=1S/C13H21ClN4O/c1-9-11(14)8-18(17-9)7-3-6-13(2,12(15)19)16-10-4-5-10/h8,10,16H,3-7H2,1-2H3,(H2,15,19). The van der Waals surface area contributed by atoms with Crippen LogP contribution in [0.2, 0.25) is 5.02 Å². The maximum atomic E-state index is 11.6. The van der Waals surface area contributed by atoms with Crippen molar-refractivity contribution >= 4 is 17.5 Å². The zero-order valence-corrected chi connectivity index (χ0v) is 12.2. The molecule has 6 heteroatoms. The van der Waals surface area contributed by atoms with Crippen LogP contribution in [-0.2, 0) is 11.3 Å². The van der Waals surface area contributed by atoms with E-state index in [9.17, 15) is 4.79 Å². The number of amides is 1. The van der Waals surface area contributed by atoms with E-state index in [-0.39, 0.29) is 5.91 Å². The van der Waals surface area contributed by atoms with E-state index in [0.29, 0.717) is 17.5 Å². The Morgan fingerprint density at radius 2 is 2.37 bits per heavy atom. The summed E-state index contributed by atoms with van der Waals surface area (Å²) in [7, 11) is 0. The second kappa shape index (κ2) is 5.51. The molecule has 1 aliphatic rings. The van der Waals surface area contributed by atoms with Crippen LogP contribution in [-0.4, -0.2) is 27.3 Å². The van der Waals surface area contributed by atoms with Gasteiger partial charge in [-0.15, -0.1) is 0 Å². The highest BCUT2D eigenvalue weighted by atomic mass is 35.5. The lowest BCUT2D eigenvalue weighted by atomic mass is 9.94. The summed E-state index contributed by atoms with van der Waals surface area (Å²) in [6, 6.07) is 0.457. The van der Waals surface area contributed by atoms with Crippen LogP contribution >= 0.6 is 11.6 Å². The molecule has 0 spiro atoms. The van der Waals surface area contributed by atoms with Crippen molar-refractivity contribution in [3.05, 3.63) is 16.9 Å². The highest BCUT2D eigenvalue weighted by Crippen LogP contribution is 2.25. The Hall–Kier alpha value is -1.07. The van der Waals surface area contributed by atoms with E-state index in [1.807, 2.05) is 24.7 Å². The Kier molecular flexibility index (Phi) is 4.16. The molecule has 1 amide bonds. The number of nitrogens with one attached hydrogen (secondary N) is 1. The van der Waals surface area contributed by atoms with Crippen molar-refractivity contribution in [3.8, 4) is 0 Å². The molecule has 1 atom stereocenters. The van der Waals surface area contributed by atoms with Gasteiger partial charge in [0.15, 0.2) is 0 Å². The summed E-state index contributed by atoms with van der Waals surface area (Å²) in [5.41, 5.74) is 5.72. The molecule has 0 aliphatic heterocycles. The minimum Gasteiger partial charge on any atom is -0.368 e. The van der Waals surface area contributed by atoms with Crippen LogP contribution in [0.5, 0.6) is 0 Å². The number of nitrogens with zero attached hydrogens (tertiary/aromatic N) is 2. The van der Waals surface area contributed by atoms with Crippen LogP contribution < -0.4 is 11.1 Å². The third-order valence-corrected chi connectivity index (χ3v) is 3.97. The minimum atomic E-state index is -0.618. The molecule has 106 valence electrons. The summed E-state index contributed by atoms with van der Waals surface area (Å²) in [4.78, 5) is 11.6. The van der Waals surface area contributed by atoms with Gasteiger partial charge in [-0.3, -0.25) is 9.48 Å². The second-order valence-electron chi connectivity index (χ2n) is 5.54.